The van der Waals surface area contributed by atoms with E-state index in [1.807, 2.05) is 0 Å². The zero-order valence-corrected chi connectivity index (χ0v) is 8.85. The fourth-order valence-electron chi connectivity index (χ4n) is 1.41. The quantitative estimate of drug-likeness (QED) is 0.833. The van der Waals surface area contributed by atoms with Crippen molar-refractivity contribution in [2.75, 3.05) is 5.32 Å². The molecule has 17 heavy (non-hydrogen) atoms. The van der Waals surface area contributed by atoms with E-state index in [2.05, 4.69) is 10.3 Å². The van der Waals surface area contributed by atoms with E-state index in [0.717, 1.165) is 5.56 Å². The number of nitrogens with zero attached hydrogens (tertiary/aromatic N) is 1. The Kier molecular flexibility index (Phi) is 3.00. The zero-order valence-electron chi connectivity index (χ0n) is 8.85. The lowest BCUT2D eigenvalue weighted by molar-refractivity contribution is 0.259. The van der Waals surface area contributed by atoms with E-state index < -0.39 is 6.03 Å². The van der Waals surface area contributed by atoms with Crippen molar-refractivity contribution in [1.82, 2.24) is 4.98 Å². The number of halogens is 1. The van der Waals surface area contributed by atoms with E-state index >= 15 is 0 Å². The smallest absolute Gasteiger partial charge is 0.317 e. The first kappa shape index (κ1) is 11.1. The van der Waals surface area contributed by atoms with E-state index in [0.29, 0.717) is 11.5 Å². The Morgan fingerprint density at radius 1 is 1.18 bits per heavy atom. The van der Waals surface area contributed by atoms with E-state index in [4.69, 9.17) is 5.73 Å². The highest BCUT2D eigenvalue weighted by atomic mass is 19.1. The lowest BCUT2D eigenvalue weighted by atomic mass is 10.1. The van der Waals surface area contributed by atoms with Gasteiger partial charge in [0.05, 0.1) is 5.69 Å². The highest BCUT2D eigenvalue weighted by Crippen LogP contribution is 2.18. The monoisotopic (exact) mass is 231 g/mol. The predicted octanol–water partition coefficient (Wildman–Crippen LogP) is 2.38. The topological polar surface area (TPSA) is 68.0 Å². The van der Waals surface area contributed by atoms with Gasteiger partial charge in [-0.25, -0.2) is 14.2 Å². The second-order valence-corrected chi connectivity index (χ2v) is 3.40. The van der Waals surface area contributed by atoms with Crippen LogP contribution in [0.4, 0.5) is 15.0 Å². The molecule has 0 aliphatic carbocycles. The van der Waals surface area contributed by atoms with Crippen LogP contribution in [0.1, 0.15) is 0 Å². The second kappa shape index (κ2) is 4.61. The van der Waals surface area contributed by atoms with E-state index in [-0.39, 0.29) is 5.82 Å². The third-order valence-corrected chi connectivity index (χ3v) is 2.14. The van der Waals surface area contributed by atoms with Gasteiger partial charge in [-0.05, 0) is 36.4 Å². The van der Waals surface area contributed by atoms with Crippen LogP contribution in [0.5, 0.6) is 0 Å². The molecule has 3 N–H and O–H groups in total. The van der Waals surface area contributed by atoms with Gasteiger partial charge >= 0.3 is 6.03 Å². The Morgan fingerprint density at radius 3 is 2.53 bits per heavy atom. The standard InChI is InChI=1S/C12H10FN3O/c13-9-6-4-8(5-7-9)10-2-1-3-11(15-10)16-12(14)17/h1-7H,(H3,14,15,16,17). The molecule has 2 aromatic rings. The zero-order chi connectivity index (χ0) is 12.3. The Labute approximate surface area is 97.3 Å². The Morgan fingerprint density at radius 2 is 1.88 bits per heavy atom. The molecule has 4 nitrogen and oxygen atoms in total. The van der Waals surface area contributed by atoms with Gasteiger partial charge in [-0.1, -0.05) is 6.07 Å². The summed E-state index contributed by atoms with van der Waals surface area (Å²) in [7, 11) is 0. The summed E-state index contributed by atoms with van der Waals surface area (Å²) in [6.07, 6.45) is 0. The van der Waals surface area contributed by atoms with Crippen LogP contribution >= 0.6 is 0 Å². The van der Waals surface area contributed by atoms with Gasteiger partial charge in [0.2, 0.25) is 0 Å². The maximum atomic E-state index is 12.8. The maximum Gasteiger partial charge on any atom is 0.317 e. The first-order valence-electron chi connectivity index (χ1n) is 4.94. The molecule has 0 fully saturated rings. The van der Waals surface area contributed by atoms with E-state index in [1.54, 1.807) is 30.3 Å². The predicted molar refractivity (Wildman–Crippen MR) is 62.8 cm³/mol. The number of hydrogen-bond acceptors (Lipinski definition) is 2. The number of rotatable bonds is 2. The average molecular weight is 231 g/mol. The van der Waals surface area contributed by atoms with Crippen LogP contribution < -0.4 is 11.1 Å². The summed E-state index contributed by atoms with van der Waals surface area (Å²) in [6, 6.07) is 10.4. The maximum absolute atomic E-state index is 12.8. The molecular formula is C12H10FN3O. The van der Waals surface area contributed by atoms with Gasteiger partial charge in [-0.15, -0.1) is 0 Å². The van der Waals surface area contributed by atoms with Crippen molar-refractivity contribution >= 4 is 11.8 Å². The van der Waals surface area contributed by atoms with E-state index in [9.17, 15) is 9.18 Å². The van der Waals surface area contributed by atoms with Gasteiger partial charge in [-0.3, -0.25) is 5.32 Å². The molecule has 1 aromatic carbocycles. The number of carbonyl (C=O) groups excluding carboxylic acids is 1. The number of anilines is 1. The van der Waals surface area contributed by atoms with Crippen molar-refractivity contribution < 1.29 is 9.18 Å². The third kappa shape index (κ3) is 2.78. The lowest BCUT2D eigenvalue weighted by Crippen LogP contribution is -2.19. The minimum Gasteiger partial charge on any atom is -0.351 e. The van der Waals surface area contributed by atoms with Gasteiger partial charge < -0.3 is 5.73 Å². The number of hydrogen-bond donors (Lipinski definition) is 2. The van der Waals surface area contributed by atoms with Crippen molar-refractivity contribution in [1.29, 1.82) is 0 Å². The number of carbonyl (C=O) groups is 1. The molecule has 0 spiro atoms. The number of urea groups is 1. The van der Waals surface area contributed by atoms with Gasteiger partial charge in [0, 0.05) is 5.56 Å². The van der Waals surface area contributed by atoms with Gasteiger partial charge in [-0.2, -0.15) is 0 Å². The minimum absolute atomic E-state index is 0.305. The number of pyridine rings is 1. The number of nitrogens with one attached hydrogen (secondary N) is 1. The molecule has 0 atom stereocenters. The summed E-state index contributed by atoms with van der Waals surface area (Å²) in [5.74, 6) is 0.0551. The largest absolute Gasteiger partial charge is 0.351 e. The van der Waals surface area contributed by atoms with Crippen molar-refractivity contribution in [3.8, 4) is 11.3 Å². The van der Waals surface area contributed by atoms with Crippen molar-refractivity contribution in [2.24, 2.45) is 5.73 Å². The summed E-state index contributed by atoms with van der Waals surface area (Å²) in [5.41, 5.74) is 6.39. The van der Waals surface area contributed by atoms with Crippen LogP contribution in [0, 0.1) is 5.82 Å². The molecule has 0 aliphatic heterocycles. The molecule has 2 amide bonds. The van der Waals surface area contributed by atoms with Crippen molar-refractivity contribution in [2.45, 2.75) is 0 Å². The fourth-order valence-corrected chi connectivity index (χ4v) is 1.41. The molecule has 0 saturated heterocycles. The molecule has 0 aliphatic rings. The minimum atomic E-state index is -0.672. The first-order valence-corrected chi connectivity index (χ1v) is 4.94. The molecule has 2 rings (SSSR count). The molecule has 86 valence electrons. The highest BCUT2D eigenvalue weighted by Gasteiger charge is 2.02. The Balaban J connectivity index is 2.32. The summed E-state index contributed by atoms with van der Waals surface area (Å²) in [6.45, 7) is 0. The van der Waals surface area contributed by atoms with Gasteiger partial charge in [0.15, 0.2) is 0 Å². The molecule has 0 unspecified atom stereocenters. The van der Waals surface area contributed by atoms with Crippen LogP contribution in [0.3, 0.4) is 0 Å². The summed E-state index contributed by atoms with van der Waals surface area (Å²) < 4.78 is 12.8. The first-order chi connectivity index (χ1) is 8.15. The highest BCUT2D eigenvalue weighted by molar-refractivity contribution is 5.86. The summed E-state index contributed by atoms with van der Waals surface area (Å²) in [4.78, 5) is 14.9. The van der Waals surface area contributed by atoms with Crippen molar-refractivity contribution in [3.63, 3.8) is 0 Å². The third-order valence-electron chi connectivity index (χ3n) is 2.14. The number of nitrogens with two attached hydrogens (primary N) is 1. The Bertz CT molecular complexity index is 540. The molecule has 1 aromatic heterocycles. The lowest BCUT2D eigenvalue weighted by Gasteiger charge is -2.04. The van der Waals surface area contributed by atoms with Crippen LogP contribution in [-0.4, -0.2) is 11.0 Å². The van der Waals surface area contributed by atoms with Crippen LogP contribution in [0.2, 0.25) is 0 Å². The van der Waals surface area contributed by atoms with Gasteiger partial charge in [0.1, 0.15) is 11.6 Å². The number of aromatic nitrogens is 1. The molecule has 0 saturated carbocycles. The van der Waals surface area contributed by atoms with Crippen LogP contribution in [0.25, 0.3) is 11.3 Å². The molecule has 5 heteroatoms. The fraction of sp³-hybridized carbons (Fsp3) is 0. The summed E-state index contributed by atoms with van der Waals surface area (Å²) >= 11 is 0. The molecule has 0 bridgehead atoms. The SMILES string of the molecule is NC(=O)Nc1cccc(-c2ccc(F)cc2)n1. The number of amides is 2. The van der Waals surface area contributed by atoms with E-state index in [1.165, 1.54) is 12.1 Å². The molecular weight excluding hydrogens is 221 g/mol. The van der Waals surface area contributed by atoms with Gasteiger partial charge in [0.25, 0.3) is 0 Å². The normalized spacial score (nSPS) is 9.94. The second-order valence-electron chi connectivity index (χ2n) is 3.40. The van der Waals surface area contributed by atoms with Crippen LogP contribution in [0.15, 0.2) is 42.5 Å². The van der Waals surface area contributed by atoms with Crippen LogP contribution in [-0.2, 0) is 0 Å². The summed E-state index contributed by atoms with van der Waals surface area (Å²) in [5, 5.41) is 2.38. The number of primary amides is 1. The molecule has 1 heterocycles. The van der Waals surface area contributed by atoms with Crippen molar-refractivity contribution in [3.05, 3.63) is 48.3 Å². The number of benzene rings is 1. The molecule has 0 radical (unpaired) electrons. The Hall–Kier alpha value is -2.43. The average Bonchev–Trinajstić information content (AvgIpc) is 2.29.